The number of piperidine rings is 1. The lowest BCUT2D eigenvalue weighted by atomic mass is 10.1. The van der Waals surface area contributed by atoms with Crippen LogP contribution in [-0.4, -0.2) is 41.2 Å². The number of halogens is 1. The largest absolute Gasteiger partial charge is 0.368 e. The first-order valence-electron chi connectivity index (χ1n) is 8.60. The minimum atomic E-state index is 0.0280. The third-order valence-electron chi connectivity index (χ3n) is 4.14. The molecule has 3 rings (SSSR count). The molecule has 1 aliphatic heterocycles. The number of hydrogen-bond acceptors (Lipinski definition) is 4. The Balaban J connectivity index is 1.52. The Bertz CT molecular complexity index is 705. The van der Waals surface area contributed by atoms with E-state index in [0.29, 0.717) is 16.4 Å². The minimum Gasteiger partial charge on any atom is -0.368 e. The van der Waals surface area contributed by atoms with E-state index in [4.69, 9.17) is 11.6 Å². The smallest absolute Gasteiger partial charge is 0.255 e. The van der Waals surface area contributed by atoms with Crippen LogP contribution < -0.4 is 5.32 Å². The summed E-state index contributed by atoms with van der Waals surface area (Å²) in [7, 11) is 0. The van der Waals surface area contributed by atoms with Crippen molar-refractivity contribution in [3.05, 3.63) is 53.2 Å². The van der Waals surface area contributed by atoms with Gasteiger partial charge in [0.15, 0.2) is 0 Å². The Kier molecular flexibility index (Phi) is 6.59. The number of nitrogens with zero attached hydrogens (tertiary/aromatic N) is 2. The number of pyridine rings is 1. The van der Waals surface area contributed by atoms with Crippen molar-refractivity contribution >= 4 is 35.1 Å². The number of aromatic nitrogens is 1. The molecule has 132 valence electrons. The molecule has 0 aliphatic carbocycles. The summed E-state index contributed by atoms with van der Waals surface area (Å²) in [6.07, 6.45) is 4.97. The maximum atomic E-state index is 12.5. The van der Waals surface area contributed by atoms with E-state index in [-0.39, 0.29) is 5.91 Å². The molecule has 2 heterocycles. The number of carbonyl (C=O) groups is 1. The van der Waals surface area contributed by atoms with E-state index in [1.54, 1.807) is 24.0 Å². The van der Waals surface area contributed by atoms with Gasteiger partial charge in [-0.2, -0.15) is 0 Å². The van der Waals surface area contributed by atoms with Gasteiger partial charge in [-0.3, -0.25) is 4.79 Å². The Labute approximate surface area is 158 Å². The van der Waals surface area contributed by atoms with Crippen LogP contribution in [0.4, 0.5) is 5.82 Å². The summed E-state index contributed by atoms with van der Waals surface area (Å²) in [5.74, 6) is 1.57. The molecule has 6 heteroatoms. The predicted molar refractivity (Wildman–Crippen MR) is 105 cm³/mol. The Morgan fingerprint density at radius 3 is 2.68 bits per heavy atom. The highest BCUT2D eigenvalue weighted by molar-refractivity contribution is 7.99. The molecule has 1 aliphatic rings. The summed E-state index contributed by atoms with van der Waals surface area (Å²) in [5, 5.41) is 3.73. The number of carbonyl (C=O) groups excluding carboxylic acids is 1. The third kappa shape index (κ3) is 5.13. The van der Waals surface area contributed by atoms with Gasteiger partial charge in [0, 0.05) is 36.5 Å². The van der Waals surface area contributed by atoms with Crippen LogP contribution in [0.3, 0.4) is 0 Å². The molecule has 1 N–H and O–H groups in total. The van der Waals surface area contributed by atoms with Crippen LogP contribution in [-0.2, 0) is 0 Å². The quantitative estimate of drug-likeness (QED) is 0.593. The molecule has 0 atom stereocenters. The Morgan fingerprint density at radius 2 is 1.96 bits per heavy atom. The van der Waals surface area contributed by atoms with Gasteiger partial charge in [-0.15, -0.1) is 11.8 Å². The first-order valence-corrected chi connectivity index (χ1v) is 9.97. The zero-order valence-corrected chi connectivity index (χ0v) is 15.7. The van der Waals surface area contributed by atoms with Gasteiger partial charge in [-0.25, -0.2) is 4.98 Å². The number of thioether (sulfide) groups is 1. The second-order valence-corrected chi connectivity index (χ2v) is 7.57. The van der Waals surface area contributed by atoms with Crippen molar-refractivity contribution in [2.45, 2.75) is 24.2 Å². The summed E-state index contributed by atoms with van der Waals surface area (Å²) < 4.78 is 0. The predicted octanol–water partition coefficient (Wildman–Crippen LogP) is 4.57. The van der Waals surface area contributed by atoms with Gasteiger partial charge in [0.1, 0.15) is 5.82 Å². The second kappa shape index (κ2) is 9.11. The maximum Gasteiger partial charge on any atom is 0.255 e. The van der Waals surface area contributed by atoms with Crippen molar-refractivity contribution in [1.29, 1.82) is 0 Å². The molecule has 1 amide bonds. The molecule has 25 heavy (non-hydrogen) atoms. The van der Waals surface area contributed by atoms with Gasteiger partial charge in [-0.05, 0) is 37.5 Å². The number of amides is 1. The number of benzene rings is 1. The molecular weight excluding hydrogens is 354 g/mol. The zero-order valence-electron chi connectivity index (χ0n) is 14.1. The molecule has 1 aromatic heterocycles. The lowest BCUT2D eigenvalue weighted by Gasteiger charge is -2.26. The standard InChI is InChI=1S/C19H22ClN3OS/c20-17-13-15(19(24)23-10-5-2-6-11-23)14-22-18(17)21-9-12-25-16-7-3-1-4-8-16/h1,3-4,7-8,13-14H,2,5-6,9-12H2,(H,21,22). The molecule has 0 saturated carbocycles. The molecule has 4 nitrogen and oxygen atoms in total. The minimum absolute atomic E-state index is 0.0280. The fourth-order valence-corrected chi connectivity index (χ4v) is 3.84. The van der Waals surface area contributed by atoms with Crippen molar-refractivity contribution in [3.63, 3.8) is 0 Å². The fourth-order valence-electron chi connectivity index (χ4n) is 2.82. The number of hydrogen-bond donors (Lipinski definition) is 1. The van der Waals surface area contributed by atoms with Crippen LogP contribution >= 0.6 is 23.4 Å². The van der Waals surface area contributed by atoms with Gasteiger partial charge >= 0.3 is 0 Å². The maximum absolute atomic E-state index is 12.5. The second-order valence-electron chi connectivity index (χ2n) is 6.00. The molecule has 0 spiro atoms. The number of nitrogens with one attached hydrogen (secondary N) is 1. The fraction of sp³-hybridized carbons (Fsp3) is 0.368. The first kappa shape index (κ1) is 18.1. The van der Waals surface area contributed by atoms with Crippen molar-refractivity contribution < 1.29 is 4.79 Å². The van der Waals surface area contributed by atoms with E-state index in [2.05, 4.69) is 22.4 Å². The normalized spacial score (nSPS) is 14.4. The molecule has 1 fully saturated rings. The SMILES string of the molecule is O=C(c1cnc(NCCSc2ccccc2)c(Cl)c1)N1CCCCC1. The summed E-state index contributed by atoms with van der Waals surface area (Å²) in [6, 6.07) is 12.0. The van der Waals surface area contributed by atoms with Crippen molar-refractivity contribution in [3.8, 4) is 0 Å². The molecule has 0 unspecified atom stereocenters. The average Bonchev–Trinajstić information content (AvgIpc) is 2.67. The number of anilines is 1. The van der Waals surface area contributed by atoms with E-state index in [0.717, 1.165) is 38.2 Å². The first-order chi connectivity index (χ1) is 12.2. The lowest BCUT2D eigenvalue weighted by Crippen LogP contribution is -2.35. The van der Waals surface area contributed by atoms with Crippen LogP contribution in [0.1, 0.15) is 29.6 Å². The van der Waals surface area contributed by atoms with E-state index in [1.165, 1.54) is 11.3 Å². The van der Waals surface area contributed by atoms with E-state index < -0.39 is 0 Å². The summed E-state index contributed by atoms with van der Waals surface area (Å²) in [6.45, 7) is 2.41. The van der Waals surface area contributed by atoms with E-state index in [9.17, 15) is 4.79 Å². The highest BCUT2D eigenvalue weighted by atomic mass is 35.5. The summed E-state index contributed by atoms with van der Waals surface area (Å²) in [5.41, 5.74) is 0.566. The molecule has 1 aromatic carbocycles. The highest BCUT2D eigenvalue weighted by Crippen LogP contribution is 2.23. The van der Waals surface area contributed by atoms with Crippen LogP contribution in [0.2, 0.25) is 5.02 Å². The summed E-state index contributed by atoms with van der Waals surface area (Å²) in [4.78, 5) is 20.0. The van der Waals surface area contributed by atoms with E-state index in [1.807, 2.05) is 23.1 Å². The Hall–Kier alpha value is -1.72. The van der Waals surface area contributed by atoms with E-state index >= 15 is 0 Å². The van der Waals surface area contributed by atoms with Gasteiger partial charge in [0.2, 0.25) is 0 Å². The summed E-state index contributed by atoms with van der Waals surface area (Å²) >= 11 is 8.08. The monoisotopic (exact) mass is 375 g/mol. The Morgan fingerprint density at radius 1 is 1.20 bits per heavy atom. The van der Waals surface area contributed by atoms with Crippen LogP contribution in [0.25, 0.3) is 0 Å². The molecule has 0 bridgehead atoms. The molecular formula is C19H22ClN3OS. The zero-order chi connectivity index (χ0) is 17.5. The number of likely N-dealkylation sites (tertiary alicyclic amines) is 1. The topological polar surface area (TPSA) is 45.2 Å². The van der Waals surface area contributed by atoms with Crippen molar-refractivity contribution in [2.75, 3.05) is 30.7 Å². The highest BCUT2D eigenvalue weighted by Gasteiger charge is 2.19. The van der Waals surface area contributed by atoms with Gasteiger partial charge in [0.05, 0.1) is 10.6 Å². The lowest BCUT2D eigenvalue weighted by molar-refractivity contribution is 0.0724. The van der Waals surface area contributed by atoms with Crippen molar-refractivity contribution in [1.82, 2.24) is 9.88 Å². The van der Waals surface area contributed by atoms with Gasteiger partial charge in [-0.1, -0.05) is 29.8 Å². The van der Waals surface area contributed by atoms with Gasteiger partial charge in [0.25, 0.3) is 5.91 Å². The molecule has 1 saturated heterocycles. The van der Waals surface area contributed by atoms with Crippen molar-refractivity contribution in [2.24, 2.45) is 0 Å². The van der Waals surface area contributed by atoms with Gasteiger partial charge < -0.3 is 10.2 Å². The average molecular weight is 376 g/mol. The van der Waals surface area contributed by atoms with Crippen LogP contribution in [0.15, 0.2) is 47.5 Å². The molecule has 2 aromatic rings. The van der Waals surface area contributed by atoms with Crippen LogP contribution in [0, 0.1) is 0 Å². The third-order valence-corrected chi connectivity index (χ3v) is 5.44. The van der Waals surface area contributed by atoms with Crippen LogP contribution in [0.5, 0.6) is 0 Å². The molecule has 0 radical (unpaired) electrons. The number of rotatable bonds is 6.